The number of piperidine rings is 1. The van der Waals surface area contributed by atoms with Crippen LogP contribution in [0.1, 0.15) is 90.8 Å². The Labute approximate surface area is 330 Å². The van der Waals surface area contributed by atoms with Gasteiger partial charge < -0.3 is 24.5 Å². The maximum Gasteiger partial charge on any atom is 0.255 e. The van der Waals surface area contributed by atoms with Crippen LogP contribution in [0, 0.1) is 0 Å². The van der Waals surface area contributed by atoms with Crippen LogP contribution in [0.5, 0.6) is 11.5 Å². The van der Waals surface area contributed by atoms with Gasteiger partial charge in [-0.2, -0.15) is 0 Å². The molecule has 4 amide bonds. The van der Waals surface area contributed by atoms with Gasteiger partial charge in [0.1, 0.15) is 23.6 Å². The lowest BCUT2D eigenvalue weighted by atomic mass is 9.69. The summed E-state index contributed by atoms with van der Waals surface area (Å²) in [5, 5.41) is 12.5. The standard InChI is InChI=1S/C47H42N4O6/c52-36-13-17-40-31(21-36)10-16-39(28-4-2-1-3-5-28)44(40)29-8-14-37(15-9-29)57-38-26-49(27-38)35-11-6-30(7-12-35)46(55)50-23-32-20-34-25-51(42-18-19-43(53)48-45(42)54)47(56)41(34)22-33(32)24-50/h1-9,11-15,17,20-22,38-39,42,44,52H,10,16,18-19,23-27H2,(H,48,53,54)/t39-,42?,44+/m1/s1. The van der Waals surface area contributed by atoms with E-state index in [1.54, 1.807) is 15.9 Å². The third-order valence-electron chi connectivity index (χ3n) is 12.5. The SMILES string of the molecule is O=C1CCC(N2Cc3cc4c(cc3C2=O)CN(C(=O)c2ccc(N3CC(Oc5ccc([C@@H]6c7ccc(O)cc7CC[C@@H]6c6ccccc6)cc5)C3)cc2)C4)C(=O)N1. The van der Waals surface area contributed by atoms with Crippen molar-refractivity contribution in [3.8, 4) is 11.5 Å². The van der Waals surface area contributed by atoms with Crippen molar-refractivity contribution < 1.29 is 29.0 Å². The smallest absolute Gasteiger partial charge is 0.255 e. The minimum atomic E-state index is -0.649. The highest BCUT2D eigenvalue weighted by molar-refractivity contribution is 6.05. The number of rotatable bonds is 7. The van der Waals surface area contributed by atoms with Crippen LogP contribution in [0.3, 0.4) is 0 Å². The number of hydrogen-bond acceptors (Lipinski definition) is 7. The molecule has 0 bridgehead atoms. The molecule has 2 N–H and O–H groups in total. The Morgan fingerprint density at radius 1 is 0.719 bits per heavy atom. The second-order valence-electron chi connectivity index (χ2n) is 16.0. The molecule has 0 radical (unpaired) electrons. The van der Waals surface area contributed by atoms with E-state index in [0.717, 1.165) is 54.1 Å². The zero-order chi connectivity index (χ0) is 38.8. The predicted octanol–water partition coefficient (Wildman–Crippen LogP) is 6.44. The Hall–Kier alpha value is -6.42. The van der Waals surface area contributed by atoms with Gasteiger partial charge in [-0.3, -0.25) is 24.5 Å². The van der Waals surface area contributed by atoms with Crippen molar-refractivity contribution in [3.05, 3.63) is 159 Å². The van der Waals surface area contributed by atoms with Gasteiger partial charge in [0.05, 0.1) is 13.1 Å². The topological polar surface area (TPSA) is 119 Å². The van der Waals surface area contributed by atoms with Gasteiger partial charge >= 0.3 is 0 Å². The number of anilines is 1. The van der Waals surface area contributed by atoms with Crippen LogP contribution in [0.25, 0.3) is 0 Å². The molecular weight excluding hydrogens is 717 g/mol. The molecule has 4 aliphatic heterocycles. The number of imide groups is 1. The van der Waals surface area contributed by atoms with Crippen molar-refractivity contribution in [2.45, 2.75) is 69.3 Å². The molecule has 3 atom stereocenters. The molecule has 10 heteroatoms. The maximum absolute atomic E-state index is 13.6. The van der Waals surface area contributed by atoms with E-state index in [4.69, 9.17) is 4.74 Å². The Balaban J connectivity index is 0.748. The molecule has 2 fully saturated rings. The van der Waals surface area contributed by atoms with E-state index in [1.807, 2.05) is 42.5 Å². The van der Waals surface area contributed by atoms with Gasteiger partial charge in [-0.25, -0.2) is 0 Å². The summed E-state index contributed by atoms with van der Waals surface area (Å²) in [7, 11) is 0. The first-order valence-electron chi connectivity index (χ1n) is 19.8. The van der Waals surface area contributed by atoms with Crippen LogP contribution in [0.2, 0.25) is 0 Å². The van der Waals surface area contributed by atoms with Crippen molar-refractivity contribution in [3.63, 3.8) is 0 Å². The normalized spacial score (nSPS) is 21.4. The highest BCUT2D eigenvalue weighted by Gasteiger charge is 2.40. The lowest BCUT2D eigenvalue weighted by Crippen LogP contribution is -2.54. The monoisotopic (exact) mass is 758 g/mol. The van der Waals surface area contributed by atoms with Crippen LogP contribution < -0.4 is 15.0 Å². The number of phenolic OH excluding ortho intramolecular Hbond substituents is 1. The number of nitrogens with zero attached hydrogens (tertiary/aromatic N) is 3. The summed E-state index contributed by atoms with van der Waals surface area (Å²) in [6.45, 7) is 2.67. The zero-order valence-electron chi connectivity index (χ0n) is 31.4. The molecule has 286 valence electrons. The summed E-state index contributed by atoms with van der Waals surface area (Å²) in [6.07, 6.45) is 2.56. The Kier molecular flexibility index (Phi) is 8.57. The molecule has 10 nitrogen and oxygen atoms in total. The fourth-order valence-corrected chi connectivity index (χ4v) is 9.56. The minimum Gasteiger partial charge on any atom is -0.508 e. The number of amides is 4. The van der Waals surface area contributed by atoms with E-state index >= 15 is 0 Å². The molecule has 5 aromatic rings. The van der Waals surface area contributed by atoms with Crippen LogP contribution in [-0.2, 0) is 35.6 Å². The first kappa shape index (κ1) is 35.0. The van der Waals surface area contributed by atoms with Gasteiger partial charge in [0, 0.05) is 48.8 Å². The van der Waals surface area contributed by atoms with E-state index in [9.17, 15) is 24.3 Å². The molecule has 5 aromatic carbocycles. The number of aryl methyl sites for hydroxylation is 1. The number of fused-ring (bicyclic) bond motifs is 3. The van der Waals surface area contributed by atoms with Crippen molar-refractivity contribution >= 4 is 29.3 Å². The van der Waals surface area contributed by atoms with Gasteiger partial charge in [-0.15, -0.1) is 0 Å². The van der Waals surface area contributed by atoms with Crippen molar-refractivity contribution in [2.24, 2.45) is 0 Å². The molecular formula is C47H42N4O6. The van der Waals surface area contributed by atoms with E-state index in [1.165, 1.54) is 22.3 Å². The van der Waals surface area contributed by atoms with Crippen LogP contribution in [-0.4, -0.2) is 63.8 Å². The van der Waals surface area contributed by atoms with Crippen LogP contribution in [0.4, 0.5) is 5.69 Å². The number of hydrogen-bond donors (Lipinski definition) is 2. The summed E-state index contributed by atoms with van der Waals surface area (Å²) >= 11 is 0. The fraction of sp³-hybridized carbons (Fsp3) is 0.277. The van der Waals surface area contributed by atoms with Gasteiger partial charge in [0.15, 0.2) is 0 Å². The third kappa shape index (κ3) is 6.39. The fourth-order valence-electron chi connectivity index (χ4n) is 9.56. The van der Waals surface area contributed by atoms with Crippen LogP contribution >= 0.6 is 0 Å². The Morgan fingerprint density at radius 3 is 2.23 bits per heavy atom. The molecule has 2 saturated heterocycles. The number of nitrogens with one attached hydrogen (secondary N) is 1. The Morgan fingerprint density at radius 2 is 1.47 bits per heavy atom. The number of carbonyl (C=O) groups excluding carboxylic acids is 4. The maximum atomic E-state index is 13.6. The molecule has 1 aliphatic carbocycles. The molecule has 57 heavy (non-hydrogen) atoms. The molecule has 10 rings (SSSR count). The molecule has 0 aromatic heterocycles. The molecule has 5 aliphatic rings. The van der Waals surface area contributed by atoms with Crippen LogP contribution in [0.15, 0.2) is 109 Å². The first-order chi connectivity index (χ1) is 27.8. The minimum absolute atomic E-state index is 0.0558. The summed E-state index contributed by atoms with van der Waals surface area (Å²) < 4.78 is 6.39. The number of benzene rings is 5. The lowest BCUT2D eigenvalue weighted by molar-refractivity contribution is -0.136. The number of phenols is 1. The van der Waals surface area contributed by atoms with Crippen molar-refractivity contribution in [1.82, 2.24) is 15.1 Å². The van der Waals surface area contributed by atoms with Crippen molar-refractivity contribution in [1.29, 1.82) is 0 Å². The average Bonchev–Trinajstić information content (AvgIpc) is 3.77. The van der Waals surface area contributed by atoms with Gasteiger partial charge in [0.25, 0.3) is 11.8 Å². The Bertz CT molecular complexity index is 2430. The quantitative estimate of drug-likeness (QED) is 0.184. The largest absolute Gasteiger partial charge is 0.508 e. The average molecular weight is 759 g/mol. The predicted molar refractivity (Wildman–Crippen MR) is 213 cm³/mol. The number of carbonyl (C=O) groups is 4. The zero-order valence-corrected chi connectivity index (χ0v) is 31.4. The summed E-state index contributed by atoms with van der Waals surface area (Å²) in [5.74, 6) is 0.692. The molecule has 0 spiro atoms. The number of ether oxygens (including phenoxy) is 1. The van der Waals surface area contributed by atoms with E-state index in [2.05, 4.69) is 70.9 Å². The molecule has 1 unspecified atom stereocenters. The number of aromatic hydroxyl groups is 1. The van der Waals surface area contributed by atoms with Crippen molar-refractivity contribution in [2.75, 3.05) is 18.0 Å². The second-order valence-corrected chi connectivity index (χ2v) is 16.0. The second kappa shape index (κ2) is 14.0. The third-order valence-corrected chi connectivity index (χ3v) is 12.5. The lowest BCUT2D eigenvalue weighted by Gasteiger charge is -2.40. The van der Waals surface area contributed by atoms with Gasteiger partial charge in [-0.05, 0) is 119 Å². The van der Waals surface area contributed by atoms with E-state index in [-0.39, 0.29) is 36.2 Å². The van der Waals surface area contributed by atoms with Gasteiger partial charge in [0.2, 0.25) is 11.8 Å². The van der Waals surface area contributed by atoms with E-state index < -0.39 is 11.9 Å². The summed E-state index contributed by atoms with van der Waals surface area (Å²) in [4.78, 5) is 56.6. The summed E-state index contributed by atoms with van der Waals surface area (Å²) in [6, 6.07) is 36.0. The highest BCUT2D eigenvalue weighted by Crippen LogP contribution is 2.47. The van der Waals surface area contributed by atoms with E-state index in [0.29, 0.717) is 48.8 Å². The highest BCUT2D eigenvalue weighted by atomic mass is 16.5. The van der Waals surface area contributed by atoms with Gasteiger partial charge in [-0.1, -0.05) is 54.6 Å². The molecule has 0 saturated carbocycles. The first-order valence-corrected chi connectivity index (χ1v) is 19.8. The summed E-state index contributed by atoms with van der Waals surface area (Å²) in [5.41, 5.74) is 10.1. The molecule has 4 heterocycles.